The van der Waals surface area contributed by atoms with Crippen molar-refractivity contribution >= 4 is 52.6 Å². The number of benzene rings is 3. The smallest absolute Gasteiger partial charge is 0.330 e. The van der Waals surface area contributed by atoms with Gasteiger partial charge in [-0.2, -0.15) is 0 Å². The molecule has 7 rings (SSSR count). The van der Waals surface area contributed by atoms with Crippen molar-refractivity contribution in [2.75, 3.05) is 11.9 Å². The summed E-state index contributed by atoms with van der Waals surface area (Å²) in [6.45, 7) is 2.90. The van der Waals surface area contributed by atoms with Crippen molar-refractivity contribution in [2.45, 2.75) is 31.7 Å². The monoisotopic (exact) mass is 576 g/mol. The highest BCUT2D eigenvalue weighted by molar-refractivity contribution is 6.36. The molecule has 9 heteroatoms. The van der Waals surface area contributed by atoms with E-state index < -0.39 is 42.3 Å². The van der Waals surface area contributed by atoms with Crippen molar-refractivity contribution in [1.29, 1.82) is 0 Å². The number of carbonyl (C=O) groups excluding carboxylic acids is 4. The molecular weight excluding hydrogens is 551 g/mol. The zero-order valence-corrected chi connectivity index (χ0v) is 23.3. The predicted octanol–water partition coefficient (Wildman–Crippen LogP) is 5.39. The molecule has 0 unspecified atom stereocenters. The van der Waals surface area contributed by atoms with Crippen molar-refractivity contribution in [3.05, 3.63) is 99.0 Å². The molecule has 0 radical (unpaired) electrons. The summed E-state index contributed by atoms with van der Waals surface area (Å²) in [5.41, 5.74) is 4.53. The predicted molar refractivity (Wildman–Crippen MR) is 150 cm³/mol. The van der Waals surface area contributed by atoms with Crippen molar-refractivity contribution in [2.24, 2.45) is 17.8 Å². The summed E-state index contributed by atoms with van der Waals surface area (Å²) in [5, 5.41) is 3.22. The Morgan fingerprint density at radius 1 is 0.850 bits per heavy atom. The first-order chi connectivity index (χ1) is 19.2. The number of anilines is 1. The fraction of sp³-hybridized carbons (Fsp3) is 0.290. The zero-order valence-electron chi connectivity index (χ0n) is 21.8. The van der Waals surface area contributed by atoms with Gasteiger partial charge >= 0.3 is 5.97 Å². The molecular formula is C31H26Cl2N2O5. The van der Waals surface area contributed by atoms with Crippen LogP contribution in [0.2, 0.25) is 10.0 Å². The topological polar surface area (TPSA) is 92.8 Å². The van der Waals surface area contributed by atoms with Crippen LogP contribution in [0.4, 0.5) is 5.69 Å². The number of rotatable bonds is 6. The number of likely N-dealkylation sites (tertiary alicyclic amines) is 1. The Morgan fingerprint density at radius 3 is 1.80 bits per heavy atom. The number of ether oxygens (including phenoxy) is 1. The third-order valence-electron chi connectivity index (χ3n) is 8.18. The number of amides is 3. The number of hydrogen-bond acceptors (Lipinski definition) is 5. The molecule has 204 valence electrons. The molecule has 1 fully saturated rings. The molecule has 3 amide bonds. The summed E-state index contributed by atoms with van der Waals surface area (Å²) in [4.78, 5) is 55.1. The third kappa shape index (κ3) is 4.11. The second-order valence-corrected chi connectivity index (χ2v) is 11.6. The van der Waals surface area contributed by atoms with Crippen LogP contribution in [0.1, 0.15) is 47.9 Å². The minimum atomic E-state index is -1.16. The van der Waals surface area contributed by atoms with Gasteiger partial charge in [-0.25, -0.2) is 4.79 Å². The summed E-state index contributed by atoms with van der Waals surface area (Å²) >= 11 is 12.0. The van der Waals surface area contributed by atoms with E-state index in [1.54, 1.807) is 19.9 Å². The molecule has 0 saturated carbocycles. The SMILES string of the molecule is CC(C)[C@H](C(=O)OCC(=O)Nc1ccc(Cl)cc1Cl)N1C(=O)[C@@H]2C3c4ccccc4C(c4ccccc43)[C@H]2C1=O. The molecule has 0 aromatic heterocycles. The highest BCUT2D eigenvalue weighted by Gasteiger charge is 2.63. The van der Waals surface area contributed by atoms with Crippen LogP contribution in [0, 0.1) is 17.8 Å². The van der Waals surface area contributed by atoms with Gasteiger partial charge in [0, 0.05) is 16.9 Å². The number of halogens is 2. The average Bonchev–Trinajstić information content (AvgIpc) is 3.19. The van der Waals surface area contributed by atoms with E-state index in [0.29, 0.717) is 10.7 Å². The van der Waals surface area contributed by atoms with E-state index in [0.717, 1.165) is 27.2 Å². The number of imide groups is 1. The van der Waals surface area contributed by atoms with Gasteiger partial charge in [-0.1, -0.05) is 85.6 Å². The summed E-state index contributed by atoms with van der Waals surface area (Å²) < 4.78 is 5.35. The van der Waals surface area contributed by atoms with Gasteiger partial charge in [0.1, 0.15) is 6.04 Å². The van der Waals surface area contributed by atoms with E-state index >= 15 is 0 Å². The highest BCUT2D eigenvalue weighted by atomic mass is 35.5. The highest BCUT2D eigenvalue weighted by Crippen LogP contribution is 2.61. The van der Waals surface area contributed by atoms with E-state index in [-0.39, 0.29) is 28.7 Å². The van der Waals surface area contributed by atoms with Crippen LogP contribution in [0.5, 0.6) is 0 Å². The van der Waals surface area contributed by atoms with Gasteiger partial charge in [0.15, 0.2) is 6.61 Å². The third-order valence-corrected chi connectivity index (χ3v) is 8.73. The number of esters is 1. The van der Waals surface area contributed by atoms with Crippen molar-refractivity contribution in [3.8, 4) is 0 Å². The Balaban J connectivity index is 1.26. The molecule has 1 aliphatic heterocycles. The lowest BCUT2D eigenvalue weighted by atomic mass is 9.55. The van der Waals surface area contributed by atoms with Crippen molar-refractivity contribution in [3.63, 3.8) is 0 Å². The number of nitrogens with zero attached hydrogens (tertiary/aromatic N) is 1. The second kappa shape index (κ2) is 10.1. The molecule has 4 aliphatic rings. The summed E-state index contributed by atoms with van der Waals surface area (Å²) in [7, 11) is 0. The molecule has 1 saturated heterocycles. The minimum Gasteiger partial charge on any atom is -0.454 e. The Labute approximate surface area is 241 Å². The standard InChI is InChI=1S/C31H26Cl2N2O5/c1-15(2)28(31(39)40-14-23(36)34-22-12-11-16(32)13-21(22)33)35-29(37)26-24-17-7-3-4-8-18(17)25(27(26)30(35)38)20-10-6-5-9-19(20)24/h3-13,15,24-28H,14H2,1-2H3,(H,34,36)/t24?,25?,26-,27-,28-/m1/s1. The fourth-order valence-electron chi connectivity index (χ4n) is 6.65. The summed E-state index contributed by atoms with van der Waals surface area (Å²) in [5.74, 6) is -4.36. The normalized spacial score (nSPS) is 23.0. The van der Waals surface area contributed by atoms with Gasteiger partial charge in [0.25, 0.3) is 5.91 Å². The first-order valence-corrected chi connectivity index (χ1v) is 13.9. The first kappa shape index (κ1) is 26.5. The quantitative estimate of drug-likeness (QED) is 0.313. The molecule has 3 aromatic rings. The Bertz CT molecular complexity index is 1460. The van der Waals surface area contributed by atoms with Gasteiger partial charge in [0.2, 0.25) is 11.8 Å². The van der Waals surface area contributed by atoms with Crippen LogP contribution in [0.15, 0.2) is 66.7 Å². The maximum Gasteiger partial charge on any atom is 0.330 e. The second-order valence-electron chi connectivity index (χ2n) is 10.8. The van der Waals surface area contributed by atoms with Crippen LogP contribution in [0.25, 0.3) is 0 Å². The van der Waals surface area contributed by atoms with Crippen LogP contribution in [-0.4, -0.2) is 41.2 Å². The molecule has 40 heavy (non-hydrogen) atoms. The van der Waals surface area contributed by atoms with E-state index in [4.69, 9.17) is 27.9 Å². The molecule has 7 nitrogen and oxygen atoms in total. The van der Waals surface area contributed by atoms with Crippen LogP contribution in [0.3, 0.4) is 0 Å². The van der Waals surface area contributed by atoms with E-state index in [2.05, 4.69) is 5.32 Å². The molecule has 3 aliphatic carbocycles. The number of carbonyl (C=O) groups is 4. The van der Waals surface area contributed by atoms with Crippen molar-refractivity contribution in [1.82, 2.24) is 4.90 Å². The maximum absolute atomic E-state index is 14.0. The molecule has 2 bridgehead atoms. The number of nitrogens with one attached hydrogen (secondary N) is 1. The van der Waals surface area contributed by atoms with Crippen LogP contribution in [-0.2, 0) is 23.9 Å². The summed E-state index contributed by atoms with van der Waals surface area (Å²) in [6, 6.07) is 19.3. The first-order valence-electron chi connectivity index (χ1n) is 13.1. The van der Waals surface area contributed by atoms with Gasteiger partial charge in [0.05, 0.1) is 22.5 Å². The van der Waals surface area contributed by atoms with E-state index in [1.807, 2.05) is 48.5 Å². The molecule has 3 aromatic carbocycles. The van der Waals surface area contributed by atoms with Gasteiger partial charge in [-0.3, -0.25) is 19.3 Å². The van der Waals surface area contributed by atoms with Gasteiger partial charge in [-0.15, -0.1) is 0 Å². The van der Waals surface area contributed by atoms with E-state index in [1.165, 1.54) is 12.1 Å². The lowest BCUT2D eigenvalue weighted by Crippen LogP contribution is -2.49. The van der Waals surface area contributed by atoms with Crippen LogP contribution < -0.4 is 5.32 Å². The van der Waals surface area contributed by atoms with Crippen molar-refractivity contribution < 1.29 is 23.9 Å². The summed E-state index contributed by atoms with van der Waals surface area (Å²) in [6.07, 6.45) is 0. The maximum atomic E-state index is 14.0. The molecule has 0 spiro atoms. The van der Waals surface area contributed by atoms with E-state index in [9.17, 15) is 19.2 Å². The Morgan fingerprint density at radius 2 is 1.35 bits per heavy atom. The zero-order chi connectivity index (χ0) is 28.3. The molecule has 1 N–H and O–H groups in total. The number of hydrogen-bond donors (Lipinski definition) is 1. The van der Waals surface area contributed by atoms with Gasteiger partial charge < -0.3 is 10.1 Å². The average molecular weight is 577 g/mol. The van der Waals surface area contributed by atoms with Crippen LogP contribution >= 0.6 is 23.2 Å². The fourth-order valence-corrected chi connectivity index (χ4v) is 7.11. The molecule has 1 heterocycles. The lowest BCUT2D eigenvalue weighted by molar-refractivity contribution is -0.162. The molecule has 3 atom stereocenters. The lowest BCUT2D eigenvalue weighted by Gasteiger charge is -2.45. The Kier molecular flexibility index (Phi) is 6.67. The minimum absolute atomic E-state index is 0.236. The Hall–Kier alpha value is -3.68. The van der Waals surface area contributed by atoms with Gasteiger partial charge in [-0.05, 0) is 46.4 Å². The largest absolute Gasteiger partial charge is 0.454 e.